The molecule has 0 saturated carbocycles. The van der Waals surface area contributed by atoms with Crippen LogP contribution in [-0.4, -0.2) is 57.9 Å². The zero-order valence-electron chi connectivity index (χ0n) is 12.9. The van der Waals surface area contributed by atoms with E-state index in [9.17, 15) is 8.42 Å². The zero-order chi connectivity index (χ0) is 15.3. The van der Waals surface area contributed by atoms with Gasteiger partial charge in [-0.2, -0.15) is 4.31 Å². The third-order valence-corrected chi connectivity index (χ3v) is 4.58. The van der Waals surface area contributed by atoms with Gasteiger partial charge in [-0.1, -0.05) is 13.8 Å². The molecule has 20 heavy (non-hydrogen) atoms. The number of hydrogen-bond acceptors (Lipinski definition) is 5. The predicted octanol–water partition coefficient (Wildman–Crippen LogP) is 0.960. The van der Waals surface area contributed by atoms with Crippen LogP contribution in [0, 0.1) is 0 Å². The second-order valence-electron chi connectivity index (χ2n) is 5.39. The lowest BCUT2D eigenvalue weighted by Gasteiger charge is -2.18. The van der Waals surface area contributed by atoms with Crippen molar-refractivity contribution in [3.63, 3.8) is 0 Å². The van der Waals surface area contributed by atoms with E-state index in [1.54, 1.807) is 13.1 Å². The Morgan fingerprint density at radius 3 is 2.40 bits per heavy atom. The first-order valence-electron chi connectivity index (χ1n) is 6.66. The molecular weight excluding hydrogens is 278 g/mol. The maximum absolute atomic E-state index is 12.3. The minimum Gasteiger partial charge on any atom is -0.447 e. The van der Waals surface area contributed by atoms with E-state index in [1.165, 1.54) is 10.4 Å². The molecule has 0 amide bonds. The minimum absolute atomic E-state index is 0.000637. The summed E-state index contributed by atoms with van der Waals surface area (Å²) >= 11 is 0. The minimum atomic E-state index is -3.54. The fraction of sp³-hybridized carbons (Fsp3) is 0.692. The van der Waals surface area contributed by atoms with Crippen LogP contribution in [0.3, 0.4) is 0 Å². The number of rotatable bonds is 8. The van der Waals surface area contributed by atoms with Crippen LogP contribution in [0.15, 0.2) is 21.6 Å². The van der Waals surface area contributed by atoms with Crippen molar-refractivity contribution in [1.29, 1.82) is 0 Å². The maximum Gasteiger partial charge on any atom is 0.276 e. The Labute approximate surface area is 121 Å². The van der Waals surface area contributed by atoms with E-state index in [-0.39, 0.29) is 5.09 Å². The summed E-state index contributed by atoms with van der Waals surface area (Å²) in [7, 11) is 1.83. The van der Waals surface area contributed by atoms with Crippen LogP contribution in [0.5, 0.6) is 0 Å². The summed E-state index contributed by atoms with van der Waals surface area (Å²) < 4.78 is 31.3. The Bertz CT molecular complexity index is 509. The van der Waals surface area contributed by atoms with E-state index in [0.717, 1.165) is 0 Å². The van der Waals surface area contributed by atoms with Crippen LogP contribution >= 0.6 is 0 Å². The van der Waals surface area contributed by atoms with Crippen molar-refractivity contribution in [1.82, 2.24) is 14.5 Å². The summed E-state index contributed by atoms with van der Waals surface area (Å²) in [6.45, 7) is 5.66. The molecule has 0 aromatic carbocycles. The quantitative estimate of drug-likeness (QED) is 0.775. The first-order chi connectivity index (χ1) is 9.23. The highest BCUT2D eigenvalue weighted by atomic mass is 32.2. The normalized spacial score (nSPS) is 12.8. The van der Waals surface area contributed by atoms with Gasteiger partial charge < -0.3 is 14.6 Å². The van der Waals surface area contributed by atoms with Crippen LogP contribution in [0.2, 0.25) is 0 Å². The van der Waals surface area contributed by atoms with Crippen LogP contribution in [0.25, 0.3) is 0 Å². The molecule has 0 spiro atoms. The number of sulfonamides is 1. The summed E-state index contributed by atoms with van der Waals surface area (Å²) in [4.78, 5) is 1.94. The van der Waals surface area contributed by atoms with Crippen molar-refractivity contribution in [2.24, 2.45) is 0 Å². The van der Waals surface area contributed by atoms with Gasteiger partial charge in [-0.25, -0.2) is 8.42 Å². The van der Waals surface area contributed by atoms with Crippen LogP contribution < -0.4 is 5.32 Å². The fourth-order valence-electron chi connectivity index (χ4n) is 1.51. The molecule has 0 saturated heterocycles. The number of nitrogens with zero attached hydrogens (tertiary/aromatic N) is 2. The average molecular weight is 303 g/mol. The van der Waals surface area contributed by atoms with Gasteiger partial charge in [0.2, 0.25) is 5.09 Å². The van der Waals surface area contributed by atoms with Gasteiger partial charge in [0.1, 0.15) is 5.76 Å². The molecule has 0 radical (unpaired) electrons. The lowest BCUT2D eigenvalue weighted by Crippen LogP contribution is -2.33. The Hall–Kier alpha value is -0.890. The summed E-state index contributed by atoms with van der Waals surface area (Å²) in [6.07, 6.45) is 0. The van der Waals surface area contributed by atoms with E-state index >= 15 is 0 Å². The second kappa shape index (κ2) is 7.21. The third-order valence-electron chi connectivity index (χ3n) is 2.85. The topological polar surface area (TPSA) is 65.8 Å². The first kappa shape index (κ1) is 17.2. The highest BCUT2D eigenvalue weighted by Gasteiger charge is 2.24. The SMILES string of the molecule is CC(C)NCc1ccc(S(=O)(=O)N(C)CCN(C)C)o1. The standard InChI is InChI=1S/C13H25N3O3S/c1-11(2)14-10-12-6-7-13(19-12)20(17,18)16(5)9-8-15(3)4/h6-7,11,14H,8-10H2,1-5H3. The maximum atomic E-state index is 12.3. The van der Waals surface area contributed by atoms with Crippen molar-refractivity contribution < 1.29 is 12.8 Å². The molecule has 1 rings (SSSR count). The van der Waals surface area contributed by atoms with Crippen LogP contribution in [0.1, 0.15) is 19.6 Å². The number of nitrogens with one attached hydrogen (secondary N) is 1. The van der Waals surface area contributed by atoms with Gasteiger partial charge in [0.15, 0.2) is 0 Å². The molecular formula is C13H25N3O3S. The molecule has 6 nitrogen and oxygen atoms in total. The molecule has 0 bridgehead atoms. The highest BCUT2D eigenvalue weighted by Crippen LogP contribution is 2.17. The second-order valence-corrected chi connectivity index (χ2v) is 7.36. The monoisotopic (exact) mass is 303 g/mol. The average Bonchev–Trinajstić information content (AvgIpc) is 2.82. The molecule has 116 valence electrons. The molecule has 0 aliphatic rings. The van der Waals surface area contributed by atoms with E-state index in [4.69, 9.17) is 4.42 Å². The van der Waals surface area contributed by atoms with Gasteiger partial charge in [0, 0.05) is 26.2 Å². The van der Waals surface area contributed by atoms with Crippen molar-refractivity contribution >= 4 is 10.0 Å². The summed E-state index contributed by atoms with van der Waals surface area (Å²) in [6, 6.07) is 3.53. The molecule has 1 heterocycles. The highest BCUT2D eigenvalue weighted by molar-refractivity contribution is 7.89. The Kier molecular flexibility index (Phi) is 6.19. The van der Waals surface area contributed by atoms with Crippen molar-refractivity contribution in [2.45, 2.75) is 31.5 Å². The zero-order valence-corrected chi connectivity index (χ0v) is 13.7. The van der Waals surface area contributed by atoms with Gasteiger partial charge in [-0.3, -0.25) is 0 Å². The van der Waals surface area contributed by atoms with E-state index in [2.05, 4.69) is 5.32 Å². The summed E-state index contributed by atoms with van der Waals surface area (Å²) in [5.74, 6) is 0.623. The lowest BCUT2D eigenvalue weighted by atomic mass is 10.3. The third kappa shape index (κ3) is 4.90. The lowest BCUT2D eigenvalue weighted by molar-refractivity contribution is 0.343. The Morgan fingerprint density at radius 1 is 1.20 bits per heavy atom. The molecule has 0 atom stereocenters. The number of hydrogen-bond donors (Lipinski definition) is 1. The van der Waals surface area contributed by atoms with Gasteiger partial charge in [0.05, 0.1) is 6.54 Å². The number of likely N-dealkylation sites (N-methyl/N-ethyl adjacent to an activating group) is 2. The molecule has 0 fully saturated rings. The smallest absolute Gasteiger partial charge is 0.276 e. The van der Waals surface area contributed by atoms with Gasteiger partial charge in [-0.05, 0) is 26.2 Å². The number of furan rings is 1. The summed E-state index contributed by atoms with van der Waals surface area (Å²) in [5.41, 5.74) is 0. The molecule has 1 aromatic rings. The van der Waals surface area contributed by atoms with Gasteiger partial charge >= 0.3 is 0 Å². The van der Waals surface area contributed by atoms with E-state index in [1.807, 2.05) is 32.8 Å². The molecule has 0 aliphatic carbocycles. The van der Waals surface area contributed by atoms with Crippen LogP contribution in [0.4, 0.5) is 0 Å². The van der Waals surface area contributed by atoms with Crippen LogP contribution in [-0.2, 0) is 16.6 Å². The molecule has 1 aromatic heterocycles. The fourth-order valence-corrected chi connectivity index (χ4v) is 2.59. The van der Waals surface area contributed by atoms with Crippen molar-refractivity contribution in [3.05, 3.63) is 17.9 Å². The molecule has 0 aliphatic heterocycles. The first-order valence-corrected chi connectivity index (χ1v) is 8.10. The molecule has 0 unspecified atom stereocenters. The van der Waals surface area contributed by atoms with Crippen molar-refractivity contribution in [3.8, 4) is 0 Å². The van der Waals surface area contributed by atoms with E-state index < -0.39 is 10.0 Å². The van der Waals surface area contributed by atoms with Crippen molar-refractivity contribution in [2.75, 3.05) is 34.2 Å². The summed E-state index contributed by atoms with van der Waals surface area (Å²) in [5, 5.41) is 3.19. The Morgan fingerprint density at radius 2 is 1.85 bits per heavy atom. The molecule has 1 N–H and O–H groups in total. The predicted molar refractivity (Wildman–Crippen MR) is 79.1 cm³/mol. The van der Waals surface area contributed by atoms with E-state index in [0.29, 0.717) is 31.4 Å². The molecule has 7 heteroatoms. The van der Waals surface area contributed by atoms with Gasteiger partial charge in [-0.15, -0.1) is 0 Å². The van der Waals surface area contributed by atoms with Gasteiger partial charge in [0.25, 0.3) is 10.0 Å². The Balaban J connectivity index is 2.72. The largest absolute Gasteiger partial charge is 0.447 e.